The molecule has 0 saturated carbocycles. The van der Waals surface area contributed by atoms with Crippen LogP contribution in [0.3, 0.4) is 0 Å². The highest BCUT2D eigenvalue weighted by Gasteiger charge is 2.23. The number of hydrogen-bond donors (Lipinski definition) is 1. The topological polar surface area (TPSA) is 12.0 Å². The molecule has 1 unspecified atom stereocenters. The first kappa shape index (κ1) is 16.1. The van der Waals surface area contributed by atoms with Gasteiger partial charge >= 0.3 is 0 Å². The molecule has 1 atom stereocenters. The maximum atomic E-state index is 14.3. The van der Waals surface area contributed by atoms with Crippen LogP contribution in [0.4, 0.5) is 8.78 Å². The largest absolute Gasteiger partial charge is 0.306 e. The van der Waals surface area contributed by atoms with Crippen molar-refractivity contribution in [1.82, 2.24) is 5.32 Å². The Morgan fingerprint density at radius 1 is 1.10 bits per heavy atom. The van der Waals surface area contributed by atoms with Crippen LogP contribution < -0.4 is 5.32 Å². The molecule has 112 valence electrons. The second-order valence-corrected chi connectivity index (χ2v) is 6.05. The van der Waals surface area contributed by atoms with Gasteiger partial charge < -0.3 is 5.32 Å². The monoisotopic (exact) mass is 353 g/mol. The predicted octanol–water partition coefficient (Wildman–Crippen LogP) is 5.04. The second kappa shape index (κ2) is 6.67. The number of aryl methyl sites for hydroxylation is 2. The Hall–Kier alpha value is -1.26. The van der Waals surface area contributed by atoms with Crippen molar-refractivity contribution in [2.45, 2.75) is 26.8 Å². The molecule has 21 heavy (non-hydrogen) atoms. The van der Waals surface area contributed by atoms with Gasteiger partial charge in [-0.25, -0.2) is 8.78 Å². The highest BCUT2D eigenvalue weighted by molar-refractivity contribution is 9.10. The van der Waals surface area contributed by atoms with E-state index in [0.717, 1.165) is 16.7 Å². The minimum Gasteiger partial charge on any atom is -0.306 e. The first-order valence-electron chi connectivity index (χ1n) is 6.89. The first-order chi connectivity index (χ1) is 9.93. The fourth-order valence-electron chi connectivity index (χ4n) is 2.55. The Kier molecular flexibility index (Phi) is 5.12. The number of benzene rings is 2. The van der Waals surface area contributed by atoms with Crippen molar-refractivity contribution in [2.75, 3.05) is 6.54 Å². The van der Waals surface area contributed by atoms with E-state index in [4.69, 9.17) is 0 Å². The van der Waals surface area contributed by atoms with Crippen LogP contribution in [0.1, 0.15) is 35.2 Å². The molecule has 0 aliphatic rings. The van der Waals surface area contributed by atoms with Crippen molar-refractivity contribution in [1.29, 1.82) is 0 Å². The van der Waals surface area contributed by atoms with E-state index in [-0.39, 0.29) is 5.56 Å². The third-order valence-corrected chi connectivity index (χ3v) is 3.93. The van der Waals surface area contributed by atoms with Gasteiger partial charge in [-0.3, -0.25) is 0 Å². The van der Waals surface area contributed by atoms with Crippen molar-refractivity contribution >= 4 is 15.9 Å². The molecule has 2 aromatic rings. The fraction of sp³-hybridized carbons (Fsp3) is 0.294. The van der Waals surface area contributed by atoms with E-state index in [2.05, 4.69) is 21.2 Å². The number of nitrogens with one attached hydrogen (secondary N) is 1. The summed E-state index contributed by atoms with van der Waals surface area (Å²) in [4.78, 5) is 0. The molecule has 0 amide bonds. The summed E-state index contributed by atoms with van der Waals surface area (Å²) < 4.78 is 28.9. The quantitative estimate of drug-likeness (QED) is 0.811. The van der Waals surface area contributed by atoms with Crippen molar-refractivity contribution in [3.8, 4) is 0 Å². The maximum absolute atomic E-state index is 14.3. The molecule has 1 nitrogen and oxygen atoms in total. The number of halogens is 3. The number of rotatable bonds is 4. The van der Waals surface area contributed by atoms with Crippen LogP contribution in [0.5, 0.6) is 0 Å². The van der Waals surface area contributed by atoms with Crippen molar-refractivity contribution < 1.29 is 8.78 Å². The lowest BCUT2D eigenvalue weighted by molar-refractivity contribution is 0.508. The summed E-state index contributed by atoms with van der Waals surface area (Å²) in [6.07, 6.45) is 0. The molecular formula is C17H18BrF2N. The van der Waals surface area contributed by atoms with Gasteiger partial charge in [0.1, 0.15) is 11.6 Å². The van der Waals surface area contributed by atoms with E-state index in [1.165, 1.54) is 12.1 Å². The highest BCUT2D eigenvalue weighted by atomic mass is 79.9. The lowest BCUT2D eigenvalue weighted by Crippen LogP contribution is -2.25. The molecule has 2 aromatic carbocycles. The second-order valence-electron chi connectivity index (χ2n) is 5.13. The van der Waals surface area contributed by atoms with Crippen molar-refractivity contribution in [3.05, 3.63) is 68.7 Å². The molecule has 0 bridgehead atoms. The summed E-state index contributed by atoms with van der Waals surface area (Å²) >= 11 is 3.12. The average molecular weight is 354 g/mol. The third kappa shape index (κ3) is 3.50. The van der Waals surface area contributed by atoms with E-state index < -0.39 is 17.7 Å². The minimum atomic E-state index is -0.548. The SMILES string of the molecule is CCNC(c1ccc(C)cc1C)c1c(F)cc(Br)cc1F. The number of hydrogen-bond acceptors (Lipinski definition) is 1. The Morgan fingerprint density at radius 2 is 1.71 bits per heavy atom. The minimum absolute atomic E-state index is 0.0620. The molecule has 1 N–H and O–H groups in total. The van der Waals surface area contributed by atoms with Gasteiger partial charge in [0.25, 0.3) is 0 Å². The zero-order chi connectivity index (χ0) is 15.6. The zero-order valence-electron chi connectivity index (χ0n) is 12.3. The Morgan fingerprint density at radius 3 is 2.24 bits per heavy atom. The van der Waals surface area contributed by atoms with Crippen LogP contribution in [0.25, 0.3) is 0 Å². The molecule has 0 spiro atoms. The standard InChI is InChI=1S/C17H18BrF2N/c1-4-21-17(13-6-5-10(2)7-11(13)3)16-14(19)8-12(18)9-15(16)20/h5-9,17,21H,4H2,1-3H3. The Labute approximate surface area is 132 Å². The smallest absolute Gasteiger partial charge is 0.132 e. The van der Waals surface area contributed by atoms with Crippen LogP contribution in [0.15, 0.2) is 34.8 Å². The summed E-state index contributed by atoms with van der Waals surface area (Å²) in [7, 11) is 0. The summed E-state index contributed by atoms with van der Waals surface area (Å²) in [6, 6.07) is 8.01. The lowest BCUT2D eigenvalue weighted by Gasteiger charge is -2.22. The van der Waals surface area contributed by atoms with Gasteiger partial charge in [0, 0.05) is 10.0 Å². The van der Waals surface area contributed by atoms with Gasteiger partial charge in [0.2, 0.25) is 0 Å². The van der Waals surface area contributed by atoms with E-state index in [1.54, 1.807) is 0 Å². The van der Waals surface area contributed by atoms with Gasteiger partial charge in [-0.1, -0.05) is 46.6 Å². The van der Waals surface area contributed by atoms with Gasteiger partial charge in [0.05, 0.1) is 6.04 Å². The van der Waals surface area contributed by atoms with E-state index in [9.17, 15) is 8.78 Å². The molecule has 4 heteroatoms. The van der Waals surface area contributed by atoms with E-state index in [0.29, 0.717) is 11.0 Å². The fourth-order valence-corrected chi connectivity index (χ4v) is 2.95. The predicted molar refractivity (Wildman–Crippen MR) is 85.5 cm³/mol. The van der Waals surface area contributed by atoms with Crippen molar-refractivity contribution in [2.24, 2.45) is 0 Å². The highest BCUT2D eigenvalue weighted by Crippen LogP contribution is 2.31. The molecule has 0 aromatic heterocycles. The zero-order valence-corrected chi connectivity index (χ0v) is 13.9. The third-order valence-electron chi connectivity index (χ3n) is 3.48. The molecule has 2 rings (SSSR count). The van der Waals surface area contributed by atoms with Crippen molar-refractivity contribution in [3.63, 3.8) is 0 Å². The summed E-state index contributed by atoms with van der Waals surface area (Å²) in [6.45, 7) is 6.50. The molecule has 0 radical (unpaired) electrons. The van der Waals surface area contributed by atoms with E-state index >= 15 is 0 Å². The van der Waals surface area contributed by atoms with Gasteiger partial charge in [0.15, 0.2) is 0 Å². The molecule has 0 fully saturated rings. The van der Waals surface area contributed by atoms with Gasteiger partial charge in [-0.2, -0.15) is 0 Å². The molecule has 0 aliphatic heterocycles. The molecule has 0 aliphatic carbocycles. The van der Waals surface area contributed by atoms with Crippen LogP contribution in [-0.2, 0) is 0 Å². The van der Waals surface area contributed by atoms with Gasteiger partial charge in [-0.05, 0) is 43.7 Å². The molecular weight excluding hydrogens is 336 g/mol. The Balaban J connectivity index is 2.59. The van der Waals surface area contributed by atoms with Crippen LogP contribution in [-0.4, -0.2) is 6.54 Å². The molecule has 0 heterocycles. The maximum Gasteiger partial charge on any atom is 0.132 e. The first-order valence-corrected chi connectivity index (χ1v) is 7.68. The lowest BCUT2D eigenvalue weighted by atomic mass is 9.93. The van der Waals surface area contributed by atoms with Crippen LogP contribution >= 0.6 is 15.9 Å². The van der Waals surface area contributed by atoms with E-state index in [1.807, 2.05) is 39.0 Å². The summed E-state index contributed by atoms with van der Waals surface area (Å²) in [5.41, 5.74) is 3.10. The summed E-state index contributed by atoms with van der Waals surface area (Å²) in [5.74, 6) is -1.10. The van der Waals surface area contributed by atoms with Crippen LogP contribution in [0, 0.1) is 25.5 Å². The average Bonchev–Trinajstić information content (AvgIpc) is 2.37. The normalized spacial score (nSPS) is 12.5. The Bertz CT molecular complexity index is 632. The summed E-state index contributed by atoms with van der Waals surface area (Å²) in [5, 5.41) is 3.18. The van der Waals surface area contributed by atoms with Gasteiger partial charge in [-0.15, -0.1) is 0 Å². The molecule has 0 saturated heterocycles. The van der Waals surface area contributed by atoms with Crippen LogP contribution in [0.2, 0.25) is 0 Å².